The number of hydrogen-bond donors (Lipinski definition) is 3. The molecule has 0 aromatic rings. The second kappa shape index (κ2) is 5.34. The Kier molecular flexibility index (Phi) is 4.28. The largest absolute Gasteiger partial charge is 0.481 e. The Labute approximate surface area is 105 Å². The number of rotatable bonds is 4. The summed E-state index contributed by atoms with van der Waals surface area (Å²) >= 11 is 0. The number of carbonyl (C=O) groups excluding carboxylic acids is 2. The maximum absolute atomic E-state index is 12.0. The van der Waals surface area contributed by atoms with Crippen LogP contribution in [-0.4, -0.2) is 52.5 Å². The molecule has 0 aromatic heterocycles. The molecule has 102 valence electrons. The monoisotopic (exact) mass is 257 g/mol. The van der Waals surface area contributed by atoms with E-state index in [4.69, 9.17) is 10.8 Å². The fourth-order valence-corrected chi connectivity index (χ4v) is 1.87. The highest BCUT2D eigenvalue weighted by molar-refractivity contribution is 5.91. The summed E-state index contributed by atoms with van der Waals surface area (Å²) in [6.45, 7) is 4.08. The highest BCUT2D eigenvalue weighted by Crippen LogP contribution is 2.14. The number of piperazine rings is 1. The lowest BCUT2D eigenvalue weighted by Gasteiger charge is -2.35. The lowest BCUT2D eigenvalue weighted by Crippen LogP contribution is -2.58. The van der Waals surface area contributed by atoms with Gasteiger partial charge in [0.1, 0.15) is 6.04 Å². The molecule has 1 fully saturated rings. The average molecular weight is 257 g/mol. The first-order chi connectivity index (χ1) is 8.20. The third kappa shape index (κ3) is 3.99. The first-order valence-corrected chi connectivity index (χ1v) is 5.78. The Bertz CT molecular complexity index is 362. The maximum atomic E-state index is 12.0. The van der Waals surface area contributed by atoms with Gasteiger partial charge in [0, 0.05) is 25.0 Å². The van der Waals surface area contributed by atoms with Gasteiger partial charge in [0.2, 0.25) is 11.8 Å². The van der Waals surface area contributed by atoms with E-state index in [0.29, 0.717) is 13.1 Å². The van der Waals surface area contributed by atoms with Crippen LogP contribution in [-0.2, 0) is 14.4 Å². The fourth-order valence-electron chi connectivity index (χ4n) is 1.87. The molecule has 0 saturated carbocycles. The molecule has 1 atom stereocenters. The predicted octanol–water partition coefficient (Wildman–Crippen LogP) is -1.08. The number of aliphatic carboxylic acids is 1. The predicted molar refractivity (Wildman–Crippen MR) is 63.6 cm³/mol. The number of nitrogens with one attached hydrogen (secondary N) is 1. The molecule has 0 aromatic carbocycles. The highest BCUT2D eigenvalue weighted by Gasteiger charge is 2.35. The molecule has 1 unspecified atom stereocenters. The van der Waals surface area contributed by atoms with Crippen LogP contribution in [0.4, 0.5) is 0 Å². The summed E-state index contributed by atoms with van der Waals surface area (Å²) < 4.78 is 0. The minimum Gasteiger partial charge on any atom is -0.481 e. The van der Waals surface area contributed by atoms with E-state index in [0.717, 1.165) is 0 Å². The maximum Gasteiger partial charge on any atom is 0.305 e. The van der Waals surface area contributed by atoms with E-state index in [1.165, 1.54) is 4.90 Å². The van der Waals surface area contributed by atoms with Crippen LogP contribution < -0.4 is 11.1 Å². The number of carboxylic acids is 1. The second-order valence-electron chi connectivity index (χ2n) is 5.16. The van der Waals surface area contributed by atoms with Gasteiger partial charge < -0.3 is 21.1 Å². The molecule has 7 heteroatoms. The Hall–Kier alpha value is -1.63. The van der Waals surface area contributed by atoms with Crippen LogP contribution in [0.15, 0.2) is 0 Å². The van der Waals surface area contributed by atoms with Crippen LogP contribution in [0, 0.1) is 0 Å². The number of amides is 2. The van der Waals surface area contributed by atoms with E-state index in [2.05, 4.69) is 5.32 Å². The Balaban J connectivity index is 2.79. The summed E-state index contributed by atoms with van der Waals surface area (Å²) in [4.78, 5) is 35.7. The van der Waals surface area contributed by atoms with E-state index in [-0.39, 0.29) is 18.7 Å². The van der Waals surface area contributed by atoms with Gasteiger partial charge in [-0.1, -0.05) is 0 Å². The molecule has 1 aliphatic heterocycles. The van der Waals surface area contributed by atoms with E-state index < -0.39 is 23.5 Å². The van der Waals surface area contributed by atoms with Gasteiger partial charge in [0.25, 0.3) is 0 Å². The number of hydrogen-bond acceptors (Lipinski definition) is 4. The van der Waals surface area contributed by atoms with Crippen LogP contribution in [0.2, 0.25) is 0 Å². The fraction of sp³-hybridized carbons (Fsp3) is 0.727. The number of carbonyl (C=O) groups is 3. The van der Waals surface area contributed by atoms with Gasteiger partial charge in [-0.05, 0) is 13.8 Å². The summed E-state index contributed by atoms with van der Waals surface area (Å²) in [7, 11) is 0. The smallest absolute Gasteiger partial charge is 0.305 e. The van der Waals surface area contributed by atoms with Crippen LogP contribution in [0.1, 0.15) is 26.7 Å². The molecular weight excluding hydrogens is 238 g/mol. The Morgan fingerprint density at radius 3 is 2.67 bits per heavy atom. The number of nitrogens with two attached hydrogens (primary N) is 1. The lowest BCUT2D eigenvalue weighted by atomic mass is 9.99. The molecule has 2 amide bonds. The first kappa shape index (κ1) is 14.4. The summed E-state index contributed by atoms with van der Waals surface area (Å²) in [5, 5.41) is 11.3. The summed E-state index contributed by atoms with van der Waals surface area (Å²) in [5.41, 5.74) is 5.08. The van der Waals surface area contributed by atoms with Gasteiger partial charge in [-0.25, -0.2) is 0 Å². The molecule has 1 aliphatic rings. The van der Waals surface area contributed by atoms with Crippen molar-refractivity contribution >= 4 is 17.8 Å². The zero-order valence-corrected chi connectivity index (χ0v) is 10.6. The molecule has 0 aliphatic carbocycles. The van der Waals surface area contributed by atoms with Crippen molar-refractivity contribution in [3.8, 4) is 0 Å². The van der Waals surface area contributed by atoms with Gasteiger partial charge in [-0.15, -0.1) is 0 Å². The average Bonchev–Trinajstić information content (AvgIpc) is 2.17. The normalized spacial score (nSPS) is 20.5. The molecule has 4 N–H and O–H groups in total. The van der Waals surface area contributed by atoms with E-state index in [1.54, 1.807) is 13.8 Å². The summed E-state index contributed by atoms with van der Waals surface area (Å²) in [5.74, 6) is -1.82. The van der Waals surface area contributed by atoms with Crippen molar-refractivity contribution in [1.82, 2.24) is 10.2 Å². The molecule has 1 rings (SSSR count). The zero-order valence-electron chi connectivity index (χ0n) is 10.6. The minimum atomic E-state index is -1.11. The van der Waals surface area contributed by atoms with Gasteiger partial charge in [0.15, 0.2) is 0 Å². The van der Waals surface area contributed by atoms with Gasteiger partial charge >= 0.3 is 5.97 Å². The number of carboxylic acid groups (broad SMARTS) is 1. The molecule has 18 heavy (non-hydrogen) atoms. The standard InChI is InChI=1S/C11H19N3O4/c1-11(2,12)6-8(15)14-4-3-13-10(18)7(14)5-9(16)17/h7H,3-6,12H2,1-2H3,(H,13,18)(H,16,17). The van der Waals surface area contributed by atoms with E-state index >= 15 is 0 Å². The SMILES string of the molecule is CC(C)(N)CC(=O)N1CCNC(=O)C1CC(=O)O. The zero-order chi connectivity index (χ0) is 13.9. The molecule has 0 radical (unpaired) electrons. The van der Waals surface area contributed by atoms with Gasteiger partial charge in [-0.2, -0.15) is 0 Å². The van der Waals surface area contributed by atoms with Crippen LogP contribution in [0.3, 0.4) is 0 Å². The number of nitrogens with zero attached hydrogens (tertiary/aromatic N) is 1. The Morgan fingerprint density at radius 2 is 2.17 bits per heavy atom. The summed E-state index contributed by atoms with van der Waals surface area (Å²) in [6, 6.07) is -0.939. The van der Waals surface area contributed by atoms with Crippen LogP contribution >= 0.6 is 0 Å². The Morgan fingerprint density at radius 1 is 1.56 bits per heavy atom. The van der Waals surface area contributed by atoms with Crippen molar-refractivity contribution in [3.63, 3.8) is 0 Å². The van der Waals surface area contributed by atoms with E-state index in [1.807, 2.05) is 0 Å². The summed E-state index contributed by atoms with van der Waals surface area (Å²) in [6.07, 6.45) is -0.307. The molecule has 1 heterocycles. The lowest BCUT2D eigenvalue weighted by molar-refractivity contribution is -0.149. The third-order valence-electron chi connectivity index (χ3n) is 2.63. The topological polar surface area (TPSA) is 113 Å². The van der Waals surface area contributed by atoms with Crippen molar-refractivity contribution < 1.29 is 19.5 Å². The van der Waals surface area contributed by atoms with Gasteiger partial charge in [-0.3, -0.25) is 14.4 Å². The third-order valence-corrected chi connectivity index (χ3v) is 2.63. The van der Waals surface area contributed by atoms with E-state index in [9.17, 15) is 14.4 Å². The molecule has 7 nitrogen and oxygen atoms in total. The molecule has 0 spiro atoms. The van der Waals surface area contributed by atoms with Crippen molar-refractivity contribution in [3.05, 3.63) is 0 Å². The van der Waals surface area contributed by atoms with Crippen LogP contribution in [0.25, 0.3) is 0 Å². The quantitative estimate of drug-likeness (QED) is 0.592. The first-order valence-electron chi connectivity index (χ1n) is 5.78. The van der Waals surface area contributed by atoms with Crippen molar-refractivity contribution in [2.24, 2.45) is 5.73 Å². The van der Waals surface area contributed by atoms with Crippen molar-refractivity contribution in [2.45, 2.75) is 38.3 Å². The second-order valence-corrected chi connectivity index (χ2v) is 5.16. The van der Waals surface area contributed by atoms with Crippen molar-refractivity contribution in [1.29, 1.82) is 0 Å². The van der Waals surface area contributed by atoms with Gasteiger partial charge in [0.05, 0.1) is 6.42 Å². The van der Waals surface area contributed by atoms with Crippen molar-refractivity contribution in [2.75, 3.05) is 13.1 Å². The highest BCUT2D eigenvalue weighted by atomic mass is 16.4. The minimum absolute atomic E-state index is 0.0798. The van der Waals surface area contributed by atoms with Crippen LogP contribution in [0.5, 0.6) is 0 Å². The molecule has 0 bridgehead atoms. The molecule has 1 saturated heterocycles. The molecular formula is C11H19N3O4.